The molecule has 1 fully saturated rings. The standard InChI is InChI=1S/C15H25N5O2.ClH/c1-16-14(12-10-18-19(2)11-12)15(22)17-7-6-13(21)20-8-4-3-5-9-20;/h10-11,14,16H,3-9H2,1-2H3,(H,17,22);1H. The first-order valence-corrected chi connectivity index (χ1v) is 7.83. The van der Waals surface area contributed by atoms with Crippen LogP contribution in [0.2, 0.25) is 0 Å². The minimum absolute atomic E-state index is 0. The van der Waals surface area contributed by atoms with Crippen molar-refractivity contribution in [2.75, 3.05) is 26.7 Å². The van der Waals surface area contributed by atoms with Gasteiger partial charge < -0.3 is 15.5 Å². The Kier molecular flexibility index (Phi) is 8.05. The second-order valence-corrected chi connectivity index (χ2v) is 5.65. The fraction of sp³-hybridized carbons (Fsp3) is 0.667. The zero-order valence-corrected chi connectivity index (χ0v) is 14.6. The Balaban J connectivity index is 0.00000264. The highest BCUT2D eigenvalue weighted by Gasteiger charge is 2.21. The van der Waals surface area contributed by atoms with E-state index in [0.717, 1.165) is 31.5 Å². The van der Waals surface area contributed by atoms with Gasteiger partial charge in [-0.1, -0.05) is 0 Å². The molecule has 0 bridgehead atoms. The monoisotopic (exact) mass is 343 g/mol. The maximum Gasteiger partial charge on any atom is 0.241 e. The maximum absolute atomic E-state index is 12.2. The van der Waals surface area contributed by atoms with Crippen LogP contribution in [0.25, 0.3) is 0 Å². The van der Waals surface area contributed by atoms with Crippen LogP contribution in [0.1, 0.15) is 37.3 Å². The fourth-order valence-electron chi connectivity index (χ4n) is 2.73. The van der Waals surface area contributed by atoms with Gasteiger partial charge in [-0.3, -0.25) is 14.3 Å². The topological polar surface area (TPSA) is 79.3 Å². The third kappa shape index (κ3) is 5.51. The van der Waals surface area contributed by atoms with Crippen LogP contribution < -0.4 is 10.6 Å². The number of likely N-dealkylation sites (tertiary alicyclic amines) is 1. The van der Waals surface area contributed by atoms with Crippen molar-refractivity contribution in [3.8, 4) is 0 Å². The first kappa shape index (κ1) is 19.4. The highest BCUT2D eigenvalue weighted by Crippen LogP contribution is 2.12. The number of carbonyl (C=O) groups excluding carboxylic acids is 2. The summed E-state index contributed by atoms with van der Waals surface area (Å²) in [6, 6.07) is -0.446. The Morgan fingerprint density at radius 3 is 2.57 bits per heavy atom. The van der Waals surface area contributed by atoms with Gasteiger partial charge in [0.05, 0.1) is 6.20 Å². The number of halogens is 1. The van der Waals surface area contributed by atoms with Crippen molar-refractivity contribution in [1.82, 2.24) is 25.3 Å². The van der Waals surface area contributed by atoms with Gasteiger partial charge in [0.15, 0.2) is 0 Å². The zero-order valence-electron chi connectivity index (χ0n) is 13.7. The average molecular weight is 344 g/mol. The second kappa shape index (κ2) is 9.52. The van der Waals surface area contributed by atoms with E-state index in [0.29, 0.717) is 13.0 Å². The number of amides is 2. The fourth-order valence-corrected chi connectivity index (χ4v) is 2.73. The van der Waals surface area contributed by atoms with Gasteiger partial charge in [-0.05, 0) is 26.3 Å². The van der Waals surface area contributed by atoms with Crippen LogP contribution in [0.4, 0.5) is 0 Å². The summed E-state index contributed by atoms with van der Waals surface area (Å²) in [5.41, 5.74) is 0.810. The number of aromatic nitrogens is 2. The molecular weight excluding hydrogens is 318 g/mol. The van der Waals surface area contributed by atoms with Crippen LogP contribution in [0, 0.1) is 0 Å². The van der Waals surface area contributed by atoms with Gasteiger partial charge in [0.25, 0.3) is 0 Å². The average Bonchev–Trinajstić information content (AvgIpc) is 2.95. The van der Waals surface area contributed by atoms with Crippen LogP contribution in [-0.4, -0.2) is 53.2 Å². The van der Waals surface area contributed by atoms with E-state index < -0.39 is 6.04 Å². The van der Waals surface area contributed by atoms with E-state index in [4.69, 9.17) is 0 Å². The number of carbonyl (C=O) groups is 2. The predicted octanol–water partition coefficient (Wildman–Crippen LogP) is 0.621. The molecule has 0 radical (unpaired) electrons. The smallest absolute Gasteiger partial charge is 0.241 e. The summed E-state index contributed by atoms with van der Waals surface area (Å²) in [6.45, 7) is 2.07. The van der Waals surface area contributed by atoms with E-state index in [2.05, 4.69) is 15.7 Å². The molecule has 2 amide bonds. The molecule has 1 unspecified atom stereocenters. The molecule has 1 saturated heterocycles. The van der Waals surface area contributed by atoms with Gasteiger partial charge in [0.1, 0.15) is 6.04 Å². The lowest BCUT2D eigenvalue weighted by Crippen LogP contribution is -2.40. The molecule has 0 aromatic carbocycles. The van der Waals surface area contributed by atoms with Crippen LogP contribution in [0.5, 0.6) is 0 Å². The highest BCUT2D eigenvalue weighted by atomic mass is 35.5. The number of hydrogen-bond donors (Lipinski definition) is 2. The van der Waals surface area contributed by atoms with Crippen LogP contribution in [0.15, 0.2) is 12.4 Å². The van der Waals surface area contributed by atoms with Gasteiger partial charge in [-0.25, -0.2) is 0 Å². The molecule has 2 N–H and O–H groups in total. The van der Waals surface area contributed by atoms with Gasteiger partial charge in [-0.2, -0.15) is 5.10 Å². The molecule has 1 aromatic rings. The number of nitrogens with one attached hydrogen (secondary N) is 2. The molecule has 7 nitrogen and oxygen atoms in total. The van der Waals surface area contributed by atoms with Gasteiger partial charge in [0, 0.05) is 44.9 Å². The van der Waals surface area contributed by atoms with E-state index >= 15 is 0 Å². The second-order valence-electron chi connectivity index (χ2n) is 5.65. The van der Waals surface area contributed by atoms with E-state index in [1.54, 1.807) is 24.1 Å². The Bertz CT molecular complexity index is 514. The molecule has 23 heavy (non-hydrogen) atoms. The summed E-state index contributed by atoms with van der Waals surface area (Å²) in [6.07, 6.45) is 7.20. The number of piperidine rings is 1. The quantitative estimate of drug-likeness (QED) is 0.793. The molecule has 1 atom stereocenters. The van der Waals surface area contributed by atoms with Crippen molar-refractivity contribution in [3.05, 3.63) is 18.0 Å². The number of likely N-dealkylation sites (N-methyl/N-ethyl adjacent to an activating group) is 1. The lowest BCUT2D eigenvalue weighted by atomic mass is 10.1. The molecule has 0 spiro atoms. The third-order valence-electron chi connectivity index (χ3n) is 3.96. The first-order chi connectivity index (χ1) is 10.6. The Morgan fingerprint density at radius 1 is 1.30 bits per heavy atom. The predicted molar refractivity (Wildman–Crippen MR) is 90.3 cm³/mol. The molecule has 2 heterocycles. The molecule has 1 aliphatic heterocycles. The van der Waals surface area contributed by atoms with E-state index in [1.807, 2.05) is 11.9 Å². The SMILES string of the molecule is CNC(C(=O)NCCC(=O)N1CCCCC1)c1cnn(C)c1.Cl. The summed E-state index contributed by atoms with van der Waals surface area (Å²) in [4.78, 5) is 26.1. The Labute approximate surface area is 143 Å². The van der Waals surface area contributed by atoms with Gasteiger partial charge in [-0.15, -0.1) is 12.4 Å². The van der Waals surface area contributed by atoms with Crippen LogP contribution >= 0.6 is 12.4 Å². The molecule has 2 rings (SSSR count). The molecule has 1 aromatic heterocycles. The van der Waals surface area contributed by atoms with Crippen molar-refractivity contribution in [3.63, 3.8) is 0 Å². The summed E-state index contributed by atoms with van der Waals surface area (Å²) in [7, 11) is 3.54. The Morgan fingerprint density at radius 2 is 2.00 bits per heavy atom. The van der Waals surface area contributed by atoms with Crippen LogP contribution in [-0.2, 0) is 16.6 Å². The number of aryl methyl sites for hydroxylation is 1. The molecule has 0 aliphatic carbocycles. The highest BCUT2D eigenvalue weighted by molar-refractivity contribution is 5.85. The van der Waals surface area contributed by atoms with E-state index in [1.165, 1.54) is 6.42 Å². The number of rotatable bonds is 6. The Hall–Kier alpha value is -1.60. The molecule has 8 heteroatoms. The first-order valence-electron chi connectivity index (χ1n) is 7.83. The molecular formula is C15H26ClN5O2. The minimum Gasteiger partial charge on any atom is -0.354 e. The summed E-state index contributed by atoms with van der Waals surface area (Å²) in [5, 5.41) is 9.87. The molecule has 1 aliphatic rings. The lowest BCUT2D eigenvalue weighted by Gasteiger charge is -2.26. The lowest BCUT2D eigenvalue weighted by molar-refractivity contribution is -0.132. The third-order valence-corrected chi connectivity index (χ3v) is 3.96. The van der Waals surface area contributed by atoms with Crippen molar-refractivity contribution < 1.29 is 9.59 Å². The summed E-state index contributed by atoms with van der Waals surface area (Å²) < 4.78 is 1.66. The largest absolute Gasteiger partial charge is 0.354 e. The molecule has 0 saturated carbocycles. The number of nitrogens with zero attached hydrogens (tertiary/aromatic N) is 3. The molecule has 130 valence electrons. The van der Waals surface area contributed by atoms with Crippen molar-refractivity contribution in [2.45, 2.75) is 31.7 Å². The number of hydrogen-bond acceptors (Lipinski definition) is 4. The van der Waals surface area contributed by atoms with Crippen molar-refractivity contribution >= 4 is 24.2 Å². The van der Waals surface area contributed by atoms with Crippen LogP contribution in [0.3, 0.4) is 0 Å². The minimum atomic E-state index is -0.446. The normalized spacial score (nSPS) is 15.7. The van der Waals surface area contributed by atoms with E-state index in [9.17, 15) is 9.59 Å². The van der Waals surface area contributed by atoms with Crippen molar-refractivity contribution in [2.24, 2.45) is 7.05 Å². The van der Waals surface area contributed by atoms with E-state index in [-0.39, 0.29) is 24.2 Å². The maximum atomic E-state index is 12.2. The summed E-state index contributed by atoms with van der Waals surface area (Å²) in [5.74, 6) is -0.00988. The van der Waals surface area contributed by atoms with Gasteiger partial charge >= 0.3 is 0 Å². The summed E-state index contributed by atoms with van der Waals surface area (Å²) >= 11 is 0. The van der Waals surface area contributed by atoms with Crippen molar-refractivity contribution in [1.29, 1.82) is 0 Å². The van der Waals surface area contributed by atoms with Gasteiger partial charge in [0.2, 0.25) is 11.8 Å². The zero-order chi connectivity index (χ0) is 15.9.